The molecule has 21 heavy (non-hydrogen) atoms. The molecule has 1 unspecified atom stereocenters. The summed E-state index contributed by atoms with van der Waals surface area (Å²) in [6, 6.07) is 18.4. The van der Waals surface area contributed by atoms with Crippen LogP contribution in [0.2, 0.25) is 5.02 Å². The highest BCUT2D eigenvalue weighted by atomic mass is 35.5. The first-order chi connectivity index (χ1) is 10.2. The van der Waals surface area contributed by atoms with Crippen LogP contribution in [-0.4, -0.2) is 10.2 Å². The van der Waals surface area contributed by atoms with Gasteiger partial charge in [-0.3, -0.25) is 5.10 Å². The number of rotatable bonds is 4. The number of aromatic nitrogens is 2. The third-order valence-corrected chi connectivity index (χ3v) is 3.70. The van der Waals surface area contributed by atoms with E-state index in [0.717, 1.165) is 22.0 Å². The summed E-state index contributed by atoms with van der Waals surface area (Å²) >= 11 is 5.91. The number of hydrogen-bond donors (Lipinski definition) is 2. The lowest BCUT2D eigenvalue weighted by molar-refractivity contribution is 0.885. The van der Waals surface area contributed by atoms with Crippen LogP contribution < -0.4 is 5.32 Å². The molecule has 0 fully saturated rings. The van der Waals surface area contributed by atoms with Crippen LogP contribution in [0.25, 0.3) is 11.3 Å². The maximum absolute atomic E-state index is 5.91. The van der Waals surface area contributed by atoms with Crippen LogP contribution in [0.1, 0.15) is 18.5 Å². The van der Waals surface area contributed by atoms with E-state index in [1.54, 1.807) is 6.20 Å². The molecule has 1 heterocycles. The second-order valence-electron chi connectivity index (χ2n) is 4.97. The van der Waals surface area contributed by atoms with E-state index in [1.165, 1.54) is 5.56 Å². The van der Waals surface area contributed by atoms with E-state index in [-0.39, 0.29) is 6.04 Å². The zero-order valence-electron chi connectivity index (χ0n) is 11.7. The van der Waals surface area contributed by atoms with Crippen LogP contribution in [0.4, 0.5) is 5.69 Å². The van der Waals surface area contributed by atoms with Crippen molar-refractivity contribution in [2.45, 2.75) is 13.0 Å². The van der Waals surface area contributed by atoms with Crippen molar-refractivity contribution < 1.29 is 0 Å². The smallest absolute Gasteiger partial charge is 0.0650 e. The molecule has 0 bridgehead atoms. The molecule has 3 rings (SSSR count). The van der Waals surface area contributed by atoms with Gasteiger partial charge in [0.2, 0.25) is 0 Å². The predicted molar refractivity (Wildman–Crippen MR) is 87.5 cm³/mol. The van der Waals surface area contributed by atoms with Crippen LogP contribution >= 0.6 is 11.6 Å². The van der Waals surface area contributed by atoms with Crippen molar-refractivity contribution in [2.24, 2.45) is 0 Å². The molecule has 4 heteroatoms. The first-order valence-electron chi connectivity index (χ1n) is 6.84. The topological polar surface area (TPSA) is 40.7 Å². The maximum Gasteiger partial charge on any atom is 0.0650 e. The third kappa shape index (κ3) is 3.26. The first kappa shape index (κ1) is 13.7. The van der Waals surface area contributed by atoms with Crippen LogP contribution in [0, 0.1) is 0 Å². The van der Waals surface area contributed by atoms with Gasteiger partial charge < -0.3 is 5.32 Å². The van der Waals surface area contributed by atoms with Crippen LogP contribution in [0.5, 0.6) is 0 Å². The van der Waals surface area contributed by atoms with Crippen LogP contribution in [0.3, 0.4) is 0 Å². The Morgan fingerprint density at radius 2 is 1.71 bits per heavy atom. The molecule has 1 atom stereocenters. The molecular formula is C17H16ClN3. The van der Waals surface area contributed by atoms with E-state index in [9.17, 15) is 0 Å². The fraction of sp³-hybridized carbons (Fsp3) is 0.118. The van der Waals surface area contributed by atoms with Crippen molar-refractivity contribution in [3.05, 3.63) is 71.4 Å². The fourth-order valence-corrected chi connectivity index (χ4v) is 2.37. The molecular weight excluding hydrogens is 282 g/mol. The summed E-state index contributed by atoms with van der Waals surface area (Å²) in [5.41, 5.74) is 4.43. The van der Waals surface area contributed by atoms with Gasteiger partial charge in [-0.15, -0.1) is 0 Å². The molecule has 0 saturated heterocycles. The summed E-state index contributed by atoms with van der Waals surface area (Å²) in [4.78, 5) is 0. The Hall–Kier alpha value is -2.26. The number of nitrogens with one attached hydrogen (secondary N) is 2. The molecule has 3 aromatic rings. The van der Waals surface area contributed by atoms with Crippen molar-refractivity contribution in [1.29, 1.82) is 0 Å². The zero-order valence-corrected chi connectivity index (χ0v) is 12.4. The minimum absolute atomic E-state index is 0.222. The normalized spacial score (nSPS) is 12.1. The number of hydrogen-bond acceptors (Lipinski definition) is 2. The summed E-state index contributed by atoms with van der Waals surface area (Å²) in [6.45, 7) is 2.13. The van der Waals surface area contributed by atoms with Gasteiger partial charge in [0.05, 0.1) is 5.69 Å². The lowest BCUT2D eigenvalue weighted by Gasteiger charge is -2.16. The molecule has 2 aromatic carbocycles. The average Bonchev–Trinajstić information content (AvgIpc) is 3.03. The molecule has 0 spiro atoms. The molecule has 106 valence electrons. The van der Waals surface area contributed by atoms with Crippen LogP contribution in [0.15, 0.2) is 60.8 Å². The summed E-state index contributed by atoms with van der Waals surface area (Å²) in [5.74, 6) is 0. The van der Waals surface area contributed by atoms with Gasteiger partial charge in [-0.1, -0.05) is 35.9 Å². The number of H-pyrrole nitrogens is 1. The molecule has 3 nitrogen and oxygen atoms in total. The third-order valence-electron chi connectivity index (χ3n) is 3.45. The van der Waals surface area contributed by atoms with Gasteiger partial charge in [-0.2, -0.15) is 5.10 Å². The number of aromatic amines is 1. The molecule has 1 aromatic heterocycles. The minimum atomic E-state index is 0.222. The number of nitrogens with zero attached hydrogens (tertiary/aromatic N) is 1. The van der Waals surface area contributed by atoms with E-state index in [4.69, 9.17) is 11.6 Å². The summed E-state index contributed by atoms with van der Waals surface area (Å²) in [7, 11) is 0. The Labute approximate surface area is 129 Å². The highest BCUT2D eigenvalue weighted by molar-refractivity contribution is 6.30. The molecule has 2 N–H and O–H groups in total. The molecule has 0 saturated carbocycles. The van der Waals surface area contributed by atoms with E-state index in [1.807, 2.05) is 30.3 Å². The van der Waals surface area contributed by atoms with E-state index in [0.29, 0.717) is 0 Å². The average molecular weight is 298 g/mol. The van der Waals surface area contributed by atoms with E-state index in [2.05, 4.69) is 46.7 Å². The number of benzene rings is 2. The van der Waals surface area contributed by atoms with Crippen molar-refractivity contribution in [3.8, 4) is 11.3 Å². The number of anilines is 1. The van der Waals surface area contributed by atoms with E-state index < -0.39 is 0 Å². The molecule has 0 radical (unpaired) electrons. The first-order valence-corrected chi connectivity index (χ1v) is 7.22. The monoisotopic (exact) mass is 297 g/mol. The Morgan fingerprint density at radius 3 is 2.33 bits per heavy atom. The van der Waals surface area contributed by atoms with Crippen molar-refractivity contribution in [2.75, 3.05) is 5.32 Å². The summed E-state index contributed by atoms with van der Waals surface area (Å²) in [6.07, 6.45) is 1.75. The van der Waals surface area contributed by atoms with E-state index >= 15 is 0 Å². The summed E-state index contributed by atoms with van der Waals surface area (Å²) < 4.78 is 0. The van der Waals surface area contributed by atoms with Crippen molar-refractivity contribution in [3.63, 3.8) is 0 Å². The molecule has 0 aliphatic carbocycles. The van der Waals surface area contributed by atoms with Gasteiger partial charge in [-0.25, -0.2) is 0 Å². The van der Waals surface area contributed by atoms with Crippen LogP contribution in [-0.2, 0) is 0 Å². The molecule has 0 aliphatic rings. The highest BCUT2D eigenvalue weighted by Gasteiger charge is 2.05. The van der Waals surface area contributed by atoms with Gasteiger partial charge >= 0.3 is 0 Å². The Morgan fingerprint density at radius 1 is 1.00 bits per heavy atom. The van der Waals surface area contributed by atoms with Gasteiger partial charge in [0, 0.05) is 22.9 Å². The van der Waals surface area contributed by atoms with Crippen molar-refractivity contribution in [1.82, 2.24) is 10.2 Å². The lowest BCUT2D eigenvalue weighted by atomic mass is 10.1. The van der Waals surface area contributed by atoms with Gasteiger partial charge in [0.1, 0.15) is 0 Å². The largest absolute Gasteiger partial charge is 0.379 e. The second-order valence-corrected chi connectivity index (χ2v) is 5.40. The van der Waals surface area contributed by atoms with Crippen molar-refractivity contribution >= 4 is 17.3 Å². The molecule has 0 amide bonds. The highest BCUT2D eigenvalue weighted by Crippen LogP contribution is 2.23. The van der Waals surface area contributed by atoms with Gasteiger partial charge in [0.15, 0.2) is 0 Å². The Balaban J connectivity index is 1.71. The van der Waals surface area contributed by atoms with Gasteiger partial charge in [-0.05, 0) is 48.4 Å². The SMILES string of the molecule is CC(Nc1ccc(-c2ccn[nH]2)cc1)c1ccc(Cl)cc1. The second kappa shape index (κ2) is 6.02. The van der Waals surface area contributed by atoms with Gasteiger partial charge in [0.25, 0.3) is 0 Å². The Bertz CT molecular complexity index is 688. The lowest BCUT2D eigenvalue weighted by Crippen LogP contribution is -2.06. The zero-order chi connectivity index (χ0) is 14.7. The predicted octanol–water partition coefficient (Wildman–Crippen LogP) is 4.90. The minimum Gasteiger partial charge on any atom is -0.379 e. The number of halogens is 1. The summed E-state index contributed by atoms with van der Waals surface area (Å²) in [5, 5.41) is 11.2. The maximum atomic E-state index is 5.91. The fourth-order valence-electron chi connectivity index (χ4n) is 2.25. The Kier molecular flexibility index (Phi) is 3.93. The quantitative estimate of drug-likeness (QED) is 0.719. The standard InChI is InChI=1S/C17H16ClN3/c1-12(13-2-6-15(18)7-3-13)20-16-8-4-14(5-9-16)17-10-11-19-21-17/h2-12,20H,1H3,(H,19,21). The molecule has 0 aliphatic heterocycles.